The molecule has 6 nitrogen and oxygen atoms in total. The Hall–Kier alpha value is -2.24. The van der Waals surface area contributed by atoms with Crippen molar-refractivity contribution in [3.63, 3.8) is 0 Å². The average molecular weight is 321 g/mol. The summed E-state index contributed by atoms with van der Waals surface area (Å²) in [5.74, 6) is 0.588. The molecule has 0 aliphatic carbocycles. The second-order valence-electron chi connectivity index (χ2n) is 5.77. The van der Waals surface area contributed by atoms with Crippen LogP contribution in [0.1, 0.15) is 50.7 Å². The number of amides is 3. The summed E-state index contributed by atoms with van der Waals surface area (Å²) < 4.78 is 5.59. The van der Waals surface area contributed by atoms with Crippen LogP contribution in [-0.4, -0.2) is 25.1 Å². The summed E-state index contributed by atoms with van der Waals surface area (Å²) in [4.78, 5) is 23.1. The van der Waals surface area contributed by atoms with Gasteiger partial charge < -0.3 is 10.1 Å². The quantitative estimate of drug-likeness (QED) is 0.533. The lowest BCUT2D eigenvalue weighted by atomic mass is 10.0. The minimum atomic E-state index is -0.426. The molecule has 0 saturated heterocycles. The van der Waals surface area contributed by atoms with E-state index in [1.54, 1.807) is 0 Å². The molecule has 0 radical (unpaired) electrons. The maximum atomic E-state index is 11.7. The number of benzene rings is 1. The van der Waals surface area contributed by atoms with Crippen LogP contribution in [-0.2, 0) is 4.79 Å². The number of hydrogen-bond acceptors (Lipinski definition) is 3. The number of aryl methyl sites for hydroxylation is 1. The van der Waals surface area contributed by atoms with Crippen LogP contribution in [0.4, 0.5) is 4.79 Å². The molecule has 0 aromatic heterocycles. The van der Waals surface area contributed by atoms with Crippen molar-refractivity contribution >= 4 is 11.9 Å². The van der Waals surface area contributed by atoms with E-state index in [4.69, 9.17) is 4.74 Å². The van der Waals surface area contributed by atoms with Crippen molar-refractivity contribution in [3.05, 3.63) is 29.3 Å². The van der Waals surface area contributed by atoms with Gasteiger partial charge in [-0.25, -0.2) is 10.2 Å². The Morgan fingerprint density at radius 2 is 1.96 bits per heavy atom. The van der Waals surface area contributed by atoms with Gasteiger partial charge in [0.05, 0.1) is 0 Å². The number of rotatable bonds is 7. The summed E-state index contributed by atoms with van der Waals surface area (Å²) in [5.41, 5.74) is 6.73. The van der Waals surface area contributed by atoms with Crippen LogP contribution in [0, 0.1) is 6.92 Å². The van der Waals surface area contributed by atoms with Crippen molar-refractivity contribution < 1.29 is 14.3 Å². The Morgan fingerprint density at radius 3 is 2.61 bits per heavy atom. The van der Waals surface area contributed by atoms with E-state index in [2.05, 4.69) is 30.0 Å². The largest absolute Gasteiger partial charge is 0.483 e. The van der Waals surface area contributed by atoms with Crippen molar-refractivity contribution in [3.8, 4) is 5.75 Å². The Morgan fingerprint density at radius 1 is 1.22 bits per heavy atom. The van der Waals surface area contributed by atoms with Crippen LogP contribution in [0.2, 0.25) is 0 Å². The summed E-state index contributed by atoms with van der Waals surface area (Å²) in [6.07, 6.45) is 1.89. The second-order valence-corrected chi connectivity index (χ2v) is 5.77. The maximum Gasteiger partial charge on any atom is 0.333 e. The lowest BCUT2D eigenvalue weighted by Crippen LogP contribution is -2.48. The predicted octanol–water partition coefficient (Wildman–Crippen LogP) is 2.63. The Bertz CT molecular complexity index is 530. The predicted molar refractivity (Wildman–Crippen MR) is 90.3 cm³/mol. The summed E-state index contributed by atoms with van der Waals surface area (Å²) in [5, 5.41) is 2.64. The highest BCUT2D eigenvalue weighted by Crippen LogP contribution is 2.27. The highest BCUT2D eigenvalue weighted by molar-refractivity contribution is 5.81. The summed E-state index contributed by atoms with van der Waals surface area (Å²) in [7, 11) is 0. The molecule has 0 heterocycles. The minimum absolute atomic E-state index is 0.154. The van der Waals surface area contributed by atoms with Crippen LogP contribution < -0.4 is 20.9 Å². The van der Waals surface area contributed by atoms with Gasteiger partial charge in [-0.2, -0.15) is 0 Å². The zero-order valence-corrected chi connectivity index (χ0v) is 14.4. The molecule has 1 rings (SSSR count). The first-order chi connectivity index (χ1) is 10.9. The van der Waals surface area contributed by atoms with Gasteiger partial charge in [0, 0.05) is 6.54 Å². The van der Waals surface area contributed by atoms with E-state index in [1.165, 1.54) is 0 Å². The minimum Gasteiger partial charge on any atom is -0.483 e. The van der Waals surface area contributed by atoms with E-state index >= 15 is 0 Å². The Balaban J connectivity index is 2.42. The number of hydrogen-bond donors (Lipinski definition) is 3. The number of carbonyl (C=O) groups excluding carboxylic acids is 2. The van der Waals surface area contributed by atoms with E-state index in [1.807, 2.05) is 32.0 Å². The van der Waals surface area contributed by atoms with Crippen molar-refractivity contribution in [2.75, 3.05) is 13.2 Å². The van der Waals surface area contributed by atoms with Gasteiger partial charge >= 0.3 is 6.03 Å². The third-order valence-electron chi connectivity index (χ3n) is 3.28. The van der Waals surface area contributed by atoms with E-state index in [-0.39, 0.29) is 6.61 Å². The van der Waals surface area contributed by atoms with Gasteiger partial charge in [0.2, 0.25) is 0 Å². The van der Waals surface area contributed by atoms with E-state index < -0.39 is 11.9 Å². The van der Waals surface area contributed by atoms with Gasteiger partial charge in [-0.1, -0.05) is 39.3 Å². The van der Waals surface area contributed by atoms with Crippen molar-refractivity contribution in [2.24, 2.45) is 0 Å². The molecule has 0 aliphatic heterocycles. The molecule has 1 aromatic carbocycles. The normalized spacial score (nSPS) is 10.3. The topological polar surface area (TPSA) is 79.5 Å². The molecule has 3 amide bonds. The van der Waals surface area contributed by atoms with Gasteiger partial charge in [-0.3, -0.25) is 10.2 Å². The van der Waals surface area contributed by atoms with E-state index in [0.29, 0.717) is 18.2 Å². The molecule has 0 spiro atoms. The molecule has 6 heteroatoms. The molecule has 23 heavy (non-hydrogen) atoms. The third kappa shape index (κ3) is 7.04. The smallest absolute Gasteiger partial charge is 0.333 e. The number of hydrazine groups is 1. The lowest BCUT2D eigenvalue weighted by molar-refractivity contribution is -0.123. The number of nitrogens with one attached hydrogen (secondary N) is 3. The zero-order valence-electron chi connectivity index (χ0n) is 14.4. The number of ether oxygens (including phenoxy) is 1. The van der Waals surface area contributed by atoms with Gasteiger partial charge in [0.1, 0.15) is 5.75 Å². The van der Waals surface area contributed by atoms with Crippen LogP contribution in [0.25, 0.3) is 0 Å². The van der Waals surface area contributed by atoms with Gasteiger partial charge in [0.25, 0.3) is 5.91 Å². The second kappa shape index (κ2) is 9.71. The number of urea groups is 1. The van der Waals surface area contributed by atoms with Crippen molar-refractivity contribution in [1.82, 2.24) is 16.2 Å². The van der Waals surface area contributed by atoms with Gasteiger partial charge in [0.15, 0.2) is 6.61 Å². The molecule has 0 bridgehead atoms. The molecule has 0 fully saturated rings. The highest BCUT2D eigenvalue weighted by atomic mass is 16.5. The van der Waals surface area contributed by atoms with Crippen LogP contribution in [0.3, 0.4) is 0 Å². The van der Waals surface area contributed by atoms with Crippen LogP contribution in [0.15, 0.2) is 18.2 Å². The highest BCUT2D eigenvalue weighted by Gasteiger charge is 2.10. The Labute approximate surface area is 138 Å². The van der Waals surface area contributed by atoms with Crippen molar-refractivity contribution in [2.45, 2.75) is 46.5 Å². The fourth-order valence-corrected chi connectivity index (χ4v) is 1.97. The van der Waals surface area contributed by atoms with E-state index in [9.17, 15) is 9.59 Å². The monoisotopic (exact) mass is 321 g/mol. The van der Waals surface area contributed by atoms with E-state index in [0.717, 1.165) is 24.0 Å². The summed E-state index contributed by atoms with van der Waals surface area (Å²) >= 11 is 0. The molecule has 0 aliphatic rings. The zero-order chi connectivity index (χ0) is 17.2. The fraction of sp³-hybridized carbons (Fsp3) is 0.529. The number of unbranched alkanes of at least 4 members (excludes halogenated alkanes) is 1. The molecular formula is C17H27N3O3. The SMILES string of the molecule is CCCCNC(=O)NNC(=O)COc1cc(C)ccc1C(C)C. The first kappa shape index (κ1) is 18.8. The molecule has 0 saturated carbocycles. The summed E-state index contributed by atoms with van der Waals surface area (Å²) in [6.45, 7) is 8.57. The molecule has 1 aromatic rings. The maximum absolute atomic E-state index is 11.7. The van der Waals surface area contributed by atoms with Gasteiger partial charge in [-0.15, -0.1) is 0 Å². The molecule has 3 N–H and O–H groups in total. The molecule has 0 atom stereocenters. The van der Waals surface area contributed by atoms with Crippen molar-refractivity contribution in [1.29, 1.82) is 0 Å². The lowest BCUT2D eigenvalue weighted by Gasteiger charge is -2.15. The molecule has 0 unspecified atom stereocenters. The van der Waals surface area contributed by atoms with Crippen LogP contribution in [0.5, 0.6) is 5.75 Å². The van der Waals surface area contributed by atoms with Crippen LogP contribution >= 0.6 is 0 Å². The first-order valence-corrected chi connectivity index (χ1v) is 8.00. The number of carbonyl (C=O) groups is 2. The van der Waals surface area contributed by atoms with Gasteiger partial charge in [-0.05, 0) is 36.5 Å². The molecular weight excluding hydrogens is 294 g/mol. The fourth-order valence-electron chi connectivity index (χ4n) is 1.97. The average Bonchev–Trinajstić information content (AvgIpc) is 2.51. The third-order valence-corrected chi connectivity index (χ3v) is 3.28. The molecule has 128 valence electrons. The summed E-state index contributed by atoms with van der Waals surface area (Å²) in [6, 6.07) is 5.51. The first-order valence-electron chi connectivity index (χ1n) is 8.00. The standard InChI is InChI=1S/C17H27N3O3/c1-5-6-9-18-17(22)20-19-16(21)11-23-15-10-13(4)7-8-14(15)12(2)3/h7-8,10,12H,5-6,9,11H2,1-4H3,(H,19,21)(H2,18,20,22). The Kier molecular flexibility index (Phi) is 7.94.